The monoisotopic (exact) mass is 346 g/mol. The minimum Gasteiger partial charge on any atom is -0.491 e. The third kappa shape index (κ3) is 6.06. The summed E-state index contributed by atoms with van der Waals surface area (Å²) in [5.41, 5.74) is -0.0430. The summed E-state index contributed by atoms with van der Waals surface area (Å²) < 4.78 is 11.5. The van der Waals surface area contributed by atoms with Crippen molar-refractivity contribution in [1.29, 1.82) is 5.26 Å². The van der Waals surface area contributed by atoms with E-state index in [1.165, 1.54) is 0 Å². The summed E-state index contributed by atoms with van der Waals surface area (Å²) >= 11 is 0. The number of carbonyl (C=O) groups excluding carboxylic acids is 1. The predicted molar refractivity (Wildman–Crippen MR) is 99.7 cm³/mol. The largest absolute Gasteiger partial charge is 0.491 e. The number of hydrogen-bond donors (Lipinski definition) is 1. The molecule has 0 bridgehead atoms. The summed E-state index contributed by atoms with van der Waals surface area (Å²) in [5, 5.41) is 12.3. The molecular weight excluding hydrogens is 316 g/mol. The normalized spacial score (nSPS) is 14.2. The topological polar surface area (TPSA) is 71.3 Å². The lowest BCUT2D eigenvalue weighted by Crippen LogP contribution is -2.43. The lowest BCUT2D eigenvalue weighted by molar-refractivity contribution is -0.140. The Morgan fingerprint density at radius 3 is 2.60 bits per heavy atom. The van der Waals surface area contributed by atoms with Gasteiger partial charge in [-0.2, -0.15) is 5.26 Å². The number of nitrogens with zero attached hydrogens (tertiary/aromatic N) is 1. The van der Waals surface area contributed by atoms with Crippen molar-refractivity contribution >= 4 is 11.6 Å². The molecule has 0 aromatic heterocycles. The Labute approximate surface area is 151 Å². The number of rotatable bonds is 10. The zero-order valence-electron chi connectivity index (χ0n) is 16.0. The van der Waals surface area contributed by atoms with Gasteiger partial charge in [0.25, 0.3) is 5.91 Å². The van der Waals surface area contributed by atoms with Crippen LogP contribution in [-0.2, 0) is 9.53 Å². The smallest absolute Gasteiger partial charge is 0.256 e. The van der Waals surface area contributed by atoms with Crippen LogP contribution in [0.3, 0.4) is 0 Å². The fraction of sp³-hybridized carbons (Fsp3) is 0.600. The molecule has 0 spiro atoms. The standard InChI is InChI=1S/C20H30N2O3/c1-6-11-20(5,24-12-7-2)19(23)22-18-10-9-17(13-16(18)14-21)25-15(4)8-3/h9-10,13,15H,6-8,11-12H2,1-5H3,(H,22,23)/t15-,20+/m1/s1. The van der Waals surface area contributed by atoms with E-state index in [1.807, 2.05) is 27.7 Å². The van der Waals surface area contributed by atoms with Crippen molar-refractivity contribution in [3.8, 4) is 11.8 Å². The molecule has 0 aliphatic heterocycles. The molecule has 1 aromatic carbocycles. The first-order valence-corrected chi connectivity index (χ1v) is 9.06. The summed E-state index contributed by atoms with van der Waals surface area (Å²) in [5.74, 6) is 0.400. The summed E-state index contributed by atoms with van der Waals surface area (Å²) in [6.45, 7) is 10.4. The van der Waals surface area contributed by atoms with Gasteiger partial charge in [-0.25, -0.2) is 0 Å². The van der Waals surface area contributed by atoms with Crippen molar-refractivity contribution < 1.29 is 14.3 Å². The van der Waals surface area contributed by atoms with E-state index in [-0.39, 0.29) is 12.0 Å². The highest BCUT2D eigenvalue weighted by atomic mass is 16.5. The van der Waals surface area contributed by atoms with E-state index in [0.29, 0.717) is 30.0 Å². The molecule has 0 saturated carbocycles. The molecule has 1 N–H and O–H groups in total. The van der Waals surface area contributed by atoms with Crippen LogP contribution in [0.15, 0.2) is 18.2 Å². The van der Waals surface area contributed by atoms with Crippen LogP contribution < -0.4 is 10.1 Å². The maximum absolute atomic E-state index is 12.7. The number of ether oxygens (including phenoxy) is 2. The molecule has 2 atom stereocenters. The van der Waals surface area contributed by atoms with E-state index in [2.05, 4.69) is 11.4 Å². The SMILES string of the molecule is CCCO[C@@](C)(CCC)C(=O)Nc1ccc(O[C@H](C)CC)cc1C#N. The highest BCUT2D eigenvalue weighted by Gasteiger charge is 2.33. The predicted octanol–water partition coefficient (Wildman–Crippen LogP) is 4.66. The molecule has 0 radical (unpaired) electrons. The third-order valence-electron chi connectivity index (χ3n) is 4.10. The number of amides is 1. The lowest BCUT2D eigenvalue weighted by atomic mass is 9.98. The van der Waals surface area contributed by atoms with Crippen LogP contribution in [0.4, 0.5) is 5.69 Å². The summed E-state index contributed by atoms with van der Waals surface area (Å²) in [4.78, 5) is 12.7. The van der Waals surface area contributed by atoms with E-state index in [0.717, 1.165) is 19.3 Å². The molecular formula is C20H30N2O3. The Bertz CT molecular complexity index is 609. The van der Waals surface area contributed by atoms with E-state index in [9.17, 15) is 10.1 Å². The van der Waals surface area contributed by atoms with Gasteiger partial charge in [0.05, 0.1) is 17.4 Å². The second kappa shape index (κ2) is 10.0. The zero-order chi connectivity index (χ0) is 18.9. The van der Waals surface area contributed by atoms with Gasteiger partial charge < -0.3 is 14.8 Å². The van der Waals surface area contributed by atoms with Crippen LogP contribution in [0.2, 0.25) is 0 Å². The van der Waals surface area contributed by atoms with Crippen molar-refractivity contribution in [3.05, 3.63) is 23.8 Å². The quantitative estimate of drug-likeness (QED) is 0.669. The van der Waals surface area contributed by atoms with Gasteiger partial charge in [0.2, 0.25) is 0 Å². The van der Waals surface area contributed by atoms with Crippen LogP contribution in [0.1, 0.15) is 65.9 Å². The Balaban J connectivity index is 2.96. The average molecular weight is 346 g/mol. The van der Waals surface area contributed by atoms with E-state index in [4.69, 9.17) is 9.47 Å². The number of nitriles is 1. The Hall–Kier alpha value is -2.06. The van der Waals surface area contributed by atoms with E-state index < -0.39 is 5.60 Å². The minimum atomic E-state index is -0.899. The molecule has 5 nitrogen and oxygen atoms in total. The number of benzene rings is 1. The molecule has 1 amide bonds. The van der Waals surface area contributed by atoms with Crippen molar-refractivity contribution in [2.24, 2.45) is 0 Å². The van der Waals surface area contributed by atoms with Crippen LogP contribution in [0.5, 0.6) is 5.75 Å². The van der Waals surface area contributed by atoms with Gasteiger partial charge in [0, 0.05) is 12.7 Å². The Kier molecular flexibility index (Phi) is 8.44. The molecule has 0 unspecified atom stereocenters. The molecule has 1 aromatic rings. The molecule has 0 saturated heterocycles. The molecule has 138 valence electrons. The average Bonchev–Trinajstić information content (AvgIpc) is 2.61. The minimum absolute atomic E-state index is 0.0715. The molecule has 0 aliphatic carbocycles. The number of hydrogen-bond acceptors (Lipinski definition) is 4. The fourth-order valence-corrected chi connectivity index (χ4v) is 2.42. The molecule has 0 aliphatic rings. The number of anilines is 1. The second-order valence-corrected chi connectivity index (χ2v) is 6.44. The van der Waals surface area contributed by atoms with Gasteiger partial charge in [0.1, 0.15) is 17.4 Å². The van der Waals surface area contributed by atoms with Crippen LogP contribution in [0.25, 0.3) is 0 Å². The molecule has 25 heavy (non-hydrogen) atoms. The first-order valence-electron chi connectivity index (χ1n) is 9.06. The molecule has 0 heterocycles. The van der Waals surface area contributed by atoms with E-state index >= 15 is 0 Å². The number of nitrogens with one attached hydrogen (secondary N) is 1. The Morgan fingerprint density at radius 2 is 2.04 bits per heavy atom. The number of carbonyl (C=O) groups is 1. The van der Waals surface area contributed by atoms with Gasteiger partial charge in [-0.05, 0) is 45.2 Å². The zero-order valence-corrected chi connectivity index (χ0v) is 16.0. The Morgan fingerprint density at radius 1 is 1.32 bits per heavy atom. The highest BCUT2D eigenvalue weighted by molar-refractivity contribution is 5.98. The van der Waals surface area contributed by atoms with Crippen molar-refractivity contribution in [1.82, 2.24) is 0 Å². The van der Waals surface area contributed by atoms with Gasteiger partial charge in [-0.3, -0.25) is 4.79 Å². The molecule has 1 rings (SSSR count). The lowest BCUT2D eigenvalue weighted by Gasteiger charge is -2.28. The van der Waals surface area contributed by atoms with Crippen molar-refractivity contribution in [3.63, 3.8) is 0 Å². The van der Waals surface area contributed by atoms with Crippen LogP contribution in [-0.4, -0.2) is 24.2 Å². The molecule has 0 fully saturated rings. The van der Waals surface area contributed by atoms with Gasteiger partial charge in [-0.15, -0.1) is 0 Å². The van der Waals surface area contributed by atoms with Crippen LogP contribution >= 0.6 is 0 Å². The highest BCUT2D eigenvalue weighted by Crippen LogP contribution is 2.26. The summed E-state index contributed by atoms with van der Waals surface area (Å²) in [7, 11) is 0. The summed E-state index contributed by atoms with van der Waals surface area (Å²) in [6.07, 6.45) is 3.25. The maximum Gasteiger partial charge on any atom is 0.256 e. The van der Waals surface area contributed by atoms with E-state index in [1.54, 1.807) is 25.1 Å². The van der Waals surface area contributed by atoms with Crippen LogP contribution in [0, 0.1) is 11.3 Å². The van der Waals surface area contributed by atoms with Gasteiger partial charge in [0.15, 0.2) is 0 Å². The molecule has 5 heteroatoms. The van der Waals surface area contributed by atoms with Gasteiger partial charge in [-0.1, -0.05) is 27.2 Å². The maximum atomic E-state index is 12.7. The van der Waals surface area contributed by atoms with Crippen molar-refractivity contribution in [2.75, 3.05) is 11.9 Å². The third-order valence-corrected chi connectivity index (χ3v) is 4.10. The summed E-state index contributed by atoms with van der Waals surface area (Å²) in [6, 6.07) is 7.26. The first-order chi connectivity index (χ1) is 11.9. The van der Waals surface area contributed by atoms with Gasteiger partial charge >= 0.3 is 0 Å². The van der Waals surface area contributed by atoms with Crippen molar-refractivity contribution in [2.45, 2.75) is 72.0 Å². The first kappa shape index (κ1) is 21.0. The fourth-order valence-electron chi connectivity index (χ4n) is 2.42. The second-order valence-electron chi connectivity index (χ2n) is 6.44.